The third-order valence-electron chi connectivity index (χ3n) is 2.97. The molecular formula is C15H18N2O2S. The molecular weight excluding hydrogens is 272 g/mol. The Morgan fingerprint density at radius 1 is 1.05 bits per heavy atom. The standard InChI is InChI=1S/C15H18N2O2S/c1-2-5-12-6-3-4-7-15(12)17-20(18,19)14-10-8-13(16)9-11-14/h3-4,6-11,17H,2,5,16H2,1H3. The summed E-state index contributed by atoms with van der Waals surface area (Å²) in [6.45, 7) is 2.06. The Morgan fingerprint density at radius 3 is 2.35 bits per heavy atom. The van der Waals surface area contributed by atoms with E-state index in [1.165, 1.54) is 12.1 Å². The molecule has 0 atom stereocenters. The Labute approximate surface area is 119 Å². The van der Waals surface area contributed by atoms with Gasteiger partial charge in [-0.1, -0.05) is 31.5 Å². The molecule has 0 saturated heterocycles. The molecule has 0 aliphatic carbocycles. The van der Waals surface area contributed by atoms with Crippen LogP contribution in [-0.2, 0) is 16.4 Å². The van der Waals surface area contributed by atoms with Crippen LogP contribution in [0.5, 0.6) is 0 Å². The number of rotatable bonds is 5. The molecule has 0 fully saturated rings. The first-order chi connectivity index (χ1) is 9.53. The van der Waals surface area contributed by atoms with E-state index in [4.69, 9.17) is 5.73 Å². The molecule has 2 aromatic carbocycles. The van der Waals surface area contributed by atoms with Gasteiger partial charge in [0.1, 0.15) is 0 Å². The molecule has 0 aliphatic rings. The summed E-state index contributed by atoms with van der Waals surface area (Å²) in [7, 11) is -3.58. The van der Waals surface area contributed by atoms with E-state index in [1.54, 1.807) is 18.2 Å². The monoisotopic (exact) mass is 290 g/mol. The van der Waals surface area contributed by atoms with Crippen molar-refractivity contribution in [3.05, 3.63) is 54.1 Å². The average Bonchev–Trinajstić information content (AvgIpc) is 2.41. The normalized spacial score (nSPS) is 11.2. The summed E-state index contributed by atoms with van der Waals surface area (Å²) in [6.07, 6.45) is 1.79. The number of sulfonamides is 1. The van der Waals surface area contributed by atoms with Gasteiger partial charge < -0.3 is 5.73 Å². The molecule has 4 nitrogen and oxygen atoms in total. The molecule has 0 amide bonds. The van der Waals surface area contributed by atoms with E-state index >= 15 is 0 Å². The largest absolute Gasteiger partial charge is 0.399 e. The van der Waals surface area contributed by atoms with Crippen molar-refractivity contribution in [1.82, 2.24) is 0 Å². The van der Waals surface area contributed by atoms with Crippen LogP contribution in [0.1, 0.15) is 18.9 Å². The summed E-state index contributed by atoms with van der Waals surface area (Å²) in [5.74, 6) is 0. The molecule has 0 spiro atoms. The first-order valence-electron chi connectivity index (χ1n) is 6.49. The van der Waals surface area contributed by atoms with Crippen molar-refractivity contribution in [3.63, 3.8) is 0 Å². The van der Waals surface area contributed by atoms with Crippen LogP contribution >= 0.6 is 0 Å². The number of nitrogens with two attached hydrogens (primary N) is 1. The molecule has 0 bridgehead atoms. The second-order valence-electron chi connectivity index (χ2n) is 4.58. The van der Waals surface area contributed by atoms with Crippen LogP contribution in [0.15, 0.2) is 53.4 Å². The van der Waals surface area contributed by atoms with Crippen molar-refractivity contribution in [2.24, 2.45) is 0 Å². The molecule has 106 valence electrons. The minimum absolute atomic E-state index is 0.206. The van der Waals surface area contributed by atoms with Gasteiger partial charge in [-0.05, 0) is 42.3 Å². The summed E-state index contributed by atoms with van der Waals surface area (Å²) < 4.78 is 27.3. The molecule has 0 unspecified atom stereocenters. The van der Waals surface area contributed by atoms with Gasteiger partial charge >= 0.3 is 0 Å². The summed E-state index contributed by atoms with van der Waals surface area (Å²) >= 11 is 0. The lowest BCUT2D eigenvalue weighted by molar-refractivity contribution is 0.601. The Balaban J connectivity index is 2.31. The van der Waals surface area contributed by atoms with Crippen LogP contribution in [0.4, 0.5) is 11.4 Å². The maximum Gasteiger partial charge on any atom is 0.261 e. The van der Waals surface area contributed by atoms with Crippen molar-refractivity contribution >= 4 is 21.4 Å². The zero-order valence-corrected chi connectivity index (χ0v) is 12.2. The van der Waals surface area contributed by atoms with Gasteiger partial charge in [-0.15, -0.1) is 0 Å². The van der Waals surface area contributed by atoms with Gasteiger partial charge in [-0.3, -0.25) is 4.72 Å². The first kappa shape index (κ1) is 14.4. The third kappa shape index (κ3) is 3.30. The van der Waals surface area contributed by atoms with Crippen molar-refractivity contribution in [1.29, 1.82) is 0 Å². The van der Waals surface area contributed by atoms with Crippen molar-refractivity contribution in [3.8, 4) is 0 Å². The maximum absolute atomic E-state index is 12.3. The second-order valence-corrected chi connectivity index (χ2v) is 6.26. The number of nitrogen functional groups attached to an aromatic ring is 1. The van der Waals surface area contributed by atoms with Gasteiger partial charge in [0.2, 0.25) is 0 Å². The number of nitrogens with one attached hydrogen (secondary N) is 1. The van der Waals surface area contributed by atoms with Crippen LogP contribution < -0.4 is 10.5 Å². The van der Waals surface area contributed by atoms with E-state index < -0.39 is 10.0 Å². The predicted octanol–water partition coefficient (Wildman–Crippen LogP) is 3.02. The topological polar surface area (TPSA) is 72.2 Å². The van der Waals surface area contributed by atoms with Crippen LogP contribution in [0.2, 0.25) is 0 Å². The summed E-state index contributed by atoms with van der Waals surface area (Å²) in [5, 5.41) is 0. The molecule has 3 N–H and O–H groups in total. The van der Waals surface area contributed by atoms with Crippen molar-refractivity contribution < 1.29 is 8.42 Å². The van der Waals surface area contributed by atoms with Crippen LogP contribution in [0.3, 0.4) is 0 Å². The quantitative estimate of drug-likeness (QED) is 0.831. The lowest BCUT2D eigenvalue weighted by Crippen LogP contribution is -2.14. The second kappa shape index (κ2) is 5.96. The lowest BCUT2D eigenvalue weighted by atomic mass is 10.1. The van der Waals surface area contributed by atoms with Crippen LogP contribution in [0.25, 0.3) is 0 Å². The fraction of sp³-hybridized carbons (Fsp3) is 0.200. The van der Waals surface area contributed by atoms with E-state index in [0.29, 0.717) is 11.4 Å². The highest BCUT2D eigenvalue weighted by Gasteiger charge is 2.15. The van der Waals surface area contributed by atoms with Gasteiger partial charge in [0, 0.05) is 5.69 Å². The molecule has 0 heterocycles. The fourth-order valence-electron chi connectivity index (χ4n) is 1.96. The van der Waals surface area contributed by atoms with Gasteiger partial charge in [0.25, 0.3) is 10.0 Å². The minimum atomic E-state index is -3.58. The zero-order valence-electron chi connectivity index (χ0n) is 11.3. The maximum atomic E-state index is 12.3. The Morgan fingerprint density at radius 2 is 1.70 bits per heavy atom. The molecule has 0 aromatic heterocycles. The van der Waals surface area contributed by atoms with Gasteiger partial charge in [-0.2, -0.15) is 0 Å². The molecule has 20 heavy (non-hydrogen) atoms. The first-order valence-corrected chi connectivity index (χ1v) is 7.97. The zero-order chi connectivity index (χ0) is 14.6. The molecule has 2 rings (SSSR count). The Kier molecular flexibility index (Phi) is 4.29. The van der Waals surface area contributed by atoms with Crippen LogP contribution in [0, 0.1) is 0 Å². The molecule has 0 saturated carbocycles. The number of hydrogen-bond acceptors (Lipinski definition) is 3. The average molecular weight is 290 g/mol. The lowest BCUT2D eigenvalue weighted by Gasteiger charge is -2.12. The summed E-state index contributed by atoms with van der Waals surface area (Å²) in [4.78, 5) is 0.206. The molecule has 0 radical (unpaired) electrons. The van der Waals surface area contributed by atoms with Crippen molar-refractivity contribution in [2.75, 3.05) is 10.5 Å². The minimum Gasteiger partial charge on any atom is -0.399 e. The summed E-state index contributed by atoms with van der Waals surface area (Å²) in [6, 6.07) is 13.6. The van der Waals surface area contributed by atoms with E-state index in [2.05, 4.69) is 11.6 Å². The number of benzene rings is 2. The number of anilines is 2. The van der Waals surface area contributed by atoms with Gasteiger partial charge in [-0.25, -0.2) is 8.42 Å². The van der Waals surface area contributed by atoms with Crippen molar-refractivity contribution in [2.45, 2.75) is 24.7 Å². The van der Waals surface area contributed by atoms with E-state index in [-0.39, 0.29) is 4.90 Å². The highest BCUT2D eigenvalue weighted by Crippen LogP contribution is 2.21. The van der Waals surface area contributed by atoms with Gasteiger partial charge in [0.15, 0.2) is 0 Å². The van der Waals surface area contributed by atoms with Gasteiger partial charge in [0.05, 0.1) is 10.6 Å². The SMILES string of the molecule is CCCc1ccccc1NS(=O)(=O)c1ccc(N)cc1. The van der Waals surface area contributed by atoms with Crippen LogP contribution in [-0.4, -0.2) is 8.42 Å². The highest BCUT2D eigenvalue weighted by molar-refractivity contribution is 7.92. The van der Waals surface area contributed by atoms with E-state index in [1.807, 2.05) is 18.2 Å². The smallest absolute Gasteiger partial charge is 0.261 e. The Hall–Kier alpha value is -2.01. The summed E-state index contributed by atoms with van der Waals surface area (Å²) in [5.41, 5.74) is 7.73. The highest BCUT2D eigenvalue weighted by atomic mass is 32.2. The van der Waals surface area contributed by atoms with E-state index in [0.717, 1.165) is 18.4 Å². The Bertz CT molecular complexity index is 679. The number of para-hydroxylation sites is 1. The number of aryl methyl sites for hydroxylation is 1. The predicted molar refractivity (Wildman–Crippen MR) is 82.1 cm³/mol. The molecule has 2 aromatic rings. The number of hydrogen-bond donors (Lipinski definition) is 2. The molecule has 5 heteroatoms. The fourth-order valence-corrected chi connectivity index (χ4v) is 3.06. The van der Waals surface area contributed by atoms with E-state index in [9.17, 15) is 8.42 Å². The third-order valence-corrected chi connectivity index (χ3v) is 4.35. The molecule has 0 aliphatic heterocycles.